The van der Waals surface area contributed by atoms with Gasteiger partial charge in [0.2, 0.25) is 5.91 Å². The number of benzene rings is 1. The van der Waals surface area contributed by atoms with Gasteiger partial charge in [-0.05, 0) is 50.3 Å². The fourth-order valence-electron chi connectivity index (χ4n) is 3.82. The number of ether oxygens (including phenoxy) is 1. The number of carbonyl (C=O) groups is 1. The third kappa shape index (κ3) is 4.81. The Labute approximate surface area is 145 Å². The molecule has 24 heavy (non-hydrogen) atoms. The Morgan fingerprint density at radius 3 is 2.67 bits per heavy atom. The molecule has 2 atom stereocenters. The third-order valence-corrected chi connectivity index (χ3v) is 5.39. The first-order valence-corrected chi connectivity index (χ1v) is 9.39. The van der Waals surface area contributed by atoms with Crippen LogP contribution in [0.1, 0.15) is 44.1 Å². The minimum absolute atomic E-state index is 0.176. The van der Waals surface area contributed by atoms with Crippen LogP contribution in [0.2, 0.25) is 0 Å². The quantitative estimate of drug-likeness (QED) is 0.872. The van der Waals surface area contributed by atoms with Gasteiger partial charge in [0, 0.05) is 25.6 Å². The van der Waals surface area contributed by atoms with Crippen LogP contribution in [-0.2, 0) is 9.53 Å². The second-order valence-corrected chi connectivity index (χ2v) is 7.27. The van der Waals surface area contributed by atoms with E-state index in [0.29, 0.717) is 12.5 Å². The Morgan fingerprint density at radius 2 is 2.00 bits per heavy atom. The van der Waals surface area contributed by atoms with E-state index in [0.717, 1.165) is 51.9 Å². The van der Waals surface area contributed by atoms with Gasteiger partial charge in [-0.3, -0.25) is 4.79 Å². The molecule has 0 bridgehead atoms. The van der Waals surface area contributed by atoms with Crippen LogP contribution in [0.3, 0.4) is 0 Å². The van der Waals surface area contributed by atoms with E-state index in [1.807, 2.05) is 0 Å². The molecule has 2 saturated heterocycles. The van der Waals surface area contributed by atoms with Gasteiger partial charge >= 0.3 is 0 Å². The van der Waals surface area contributed by atoms with Crippen LogP contribution < -0.4 is 5.32 Å². The molecule has 0 aromatic heterocycles. The Kier molecular flexibility index (Phi) is 6.27. The molecule has 2 fully saturated rings. The van der Waals surface area contributed by atoms with Gasteiger partial charge in [-0.1, -0.05) is 37.3 Å². The van der Waals surface area contributed by atoms with Crippen molar-refractivity contribution in [3.8, 4) is 0 Å². The molecular formula is C20H30N2O2. The Morgan fingerprint density at radius 1 is 1.25 bits per heavy atom. The maximum atomic E-state index is 12.3. The highest BCUT2D eigenvalue weighted by molar-refractivity contribution is 5.78. The highest BCUT2D eigenvalue weighted by atomic mass is 16.5. The maximum absolute atomic E-state index is 12.3. The van der Waals surface area contributed by atoms with Crippen molar-refractivity contribution in [2.45, 2.75) is 44.6 Å². The summed E-state index contributed by atoms with van der Waals surface area (Å²) in [6, 6.07) is 10.7. The van der Waals surface area contributed by atoms with Crippen LogP contribution in [0, 0.1) is 5.92 Å². The predicted molar refractivity (Wildman–Crippen MR) is 96.0 cm³/mol. The lowest BCUT2D eigenvalue weighted by Gasteiger charge is -2.33. The summed E-state index contributed by atoms with van der Waals surface area (Å²) in [6.45, 7) is 6.94. The normalized spacial score (nSPS) is 24.0. The summed E-state index contributed by atoms with van der Waals surface area (Å²) in [6.07, 6.45) is 4.38. The fourth-order valence-corrected chi connectivity index (χ4v) is 3.82. The monoisotopic (exact) mass is 330 g/mol. The lowest BCUT2D eigenvalue weighted by atomic mass is 9.94. The summed E-state index contributed by atoms with van der Waals surface area (Å²) < 4.78 is 5.57. The molecule has 4 nitrogen and oxygen atoms in total. The standard InChI is InChI=1S/C20H30N2O2/c1-16(17-6-3-2-4-7-17)15-22-11-9-18(10-12-22)20(23)21-14-19-8-5-13-24-19/h2-4,6-7,16,18-19H,5,8-15H2,1H3,(H,21,23)/t16-,19-/m0/s1. The van der Waals surface area contributed by atoms with Gasteiger partial charge in [-0.2, -0.15) is 0 Å². The van der Waals surface area contributed by atoms with Gasteiger partial charge in [0.05, 0.1) is 6.10 Å². The molecule has 0 unspecified atom stereocenters. The van der Waals surface area contributed by atoms with Gasteiger partial charge in [-0.25, -0.2) is 0 Å². The van der Waals surface area contributed by atoms with Crippen molar-refractivity contribution in [3.63, 3.8) is 0 Å². The number of likely N-dealkylation sites (tertiary alicyclic amines) is 1. The Hall–Kier alpha value is -1.39. The smallest absolute Gasteiger partial charge is 0.223 e. The zero-order valence-corrected chi connectivity index (χ0v) is 14.7. The molecule has 132 valence electrons. The summed E-state index contributed by atoms with van der Waals surface area (Å²) in [4.78, 5) is 14.8. The first-order valence-electron chi connectivity index (χ1n) is 9.39. The summed E-state index contributed by atoms with van der Waals surface area (Å²) in [7, 11) is 0. The van der Waals surface area contributed by atoms with E-state index >= 15 is 0 Å². The van der Waals surface area contributed by atoms with E-state index in [2.05, 4.69) is 47.5 Å². The summed E-state index contributed by atoms with van der Waals surface area (Å²) in [5, 5.41) is 3.09. The second kappa shape index (κ2) is 8.63. The lowest BCUT2D eigenvalue weighted by Crippen LogP contribution is -2.43. The van der Waals surface area contributed by atoms with Crippen LogP contribution in [0.4, 0.5) is 0 Å². The average Bonchev–Trinajstić information content (AvgIpc) is 3.14. The average molecular weight is 330 g/mol. The molecule has 0 spiro atoms. The van der Waals surface area contributed by atoms with Gasteiger partial charge in [0.15, 0.2) is 0 Å². The van der Waals surface area contributed by atoms with Crippen molar-refractivity contribution < 1.29 is 9.53 Å². The van der Waals surface area contributed by atoms with Crippen LogP contribution in [0.25, 0.3) is 0 Å². The largest absolute Gasteiger partial charge is 0.376 e. The van der Waals surface area contributed by atoms with Gasteiger partial charge in [0.25, 0.3) is 0 Å². The van der Waals surface area contributed by atoms with Gasteiger partial charge in [-0.15, -0.1) is 0 Å². The number of rotatable bonds is 6. The topological polar surface area (TPSA) is 41.6 Å². The summed E-state index contributed by atoms with van der Waals surface area (Å²) in [5.41, 5.74) is 1.40. The first kappa shape index (κ1) is 17.4. The van der Waals surface area contributed by atoms with E-state index < -0.39 is 0 Å². The summed E-state index contributed by atoms with van der Waals surface area (Å²) >= 11 is 0. The molecule has 0 aliphatic carbocycles. The Bertz CT molecular complexity index is 506. The molecule has 1 aromatic carbocycles. The molecule has 1 N–H and O–H groups in total. The van der Waals surface area contributed by atoms with Crippen LogP contribution in [-0.4, -0.2) is 49.7 Å². The van der Waals surface area contributed by atoms with Crippen molar-refractivity contribution in [1.29, 1.82) is 0 Å². The molecule has 2 aliphatic heterocycles. The maximum Gasteiger partial charge on any atom is 0.223 e. The van der Waals surface area contributed by atoms with Crippen LogP contribution >= 0.6 is 0 Å². The van der Waals surface area contributed by atoms with Crippen molar-refractivity contribution >= 4 is 5.91 Å². The molecule has 1 aromatic rings. The van der Waals surface area contributed by atoms with Crippen molar-refractivity contribution in [2.24, 2.45) is 5.92 Å². The molecule has 2 heterocycles. The first-order chi connectivity index (χ1) is 11.7. The number of hydrogen-bond donors (Lipinski definition) is 1. The second-order valence-electron chi connectivity index (χ2n) is 7.27. The number of amides is 1. The predicted octanol–water partition coefficient (Wildman–Crippen LogP) is 2.80. The molecule has 3 rings (SSSR count). The zero-order chi connectivity index (χ0) is 16.8. The molecule has 1 amide bonds. The minimum Gasteiger partial charge on any atom is -0.376 e. The van der Waals surface area contributed by atoms with Crippen molar-refractivity contribution in [2.75, 3.05) is 32.8 Å². The third-order valence-electron chi connectivity index (χ3n) is 5.39. The highest BCUT2D eigenvalue weighted by Gasteiger charge is 2.26. The van der Waals surface area contributed by atoms with E-state index in [1.165, 1.54) is 5.56 Å². The fraction of sp³-hybridized carbons (Fsp3) is 0.650. The van der Waals surface area contributed by atoms with Crippen molar-refractivity contribution in [1.82, 2.24) is 10.2 Å². The van der Waals surface area contributed by atoms with E-state index in [4.69, 9.17) is 4.74 Å². The van der Waals surface area contributed by atoms with E-state index in [-0.39, 0.29) is 17.9 Å². The number of nitrogens with zero attached hydrogens (tertiary/aromatic N) is 1. The van der Waals surface area contributed by atoms with Crippen molar-refractivity contribution in [3.05, 3.63) is 35.9 Å². The van der Waals surface area contributed by atoms with Crippen LogP contribution in [0.5, 0.6) is 0 Å². The highest BCUT2D eigenvalue weighted by Crippen LogP contribution is 2.22. The number of carbonyl (C=O) groups excluding carboxylic acids is 1. The lowest BCUT2D eigenvalue weighted by molar-refractivity contribution is -0.126. The number of nitrogens with one attached hydrogen (secondary N) is 1. The van der Waals surface area contributed by atoms with Gasteiger partial charge < -0.3 is 15.0 Å². The van der Waals surface area contributed by atoms with Gasteiger partial charge in [0.1, 0.15) is 0 Å². The van der Waals surface area contributed by atoms with Crippen LogP contribution in [0.15, 0.2) is 30.3 Å². The molecule has 4 heteroatoms. The molecule has 0 radical (unpaired) electrons. The summed E-state index contributed by atoms with van der Waals surface area (Å²) in [5.74, 6) is 0.937. The number of hydrogen-bond acceptors (Lipinski definition) is 3. The molecule has 2 aliphatic rings. The molecule has 0 saturated carbocycles. The minimum atomic E-state index is 0.176. The zero-order valence-electron chi connectivity index (χ0n) is 14.7. The Balaban J connectivity index is 1.38. The SMILES string of the molecule is C[C@@H](CN1CCC(C(=O)NC[C@@H]2CCCO2)CC1)c1ccccc1. The molecular weight excluding hydrogens is 300 g/mol. The van der Waals surface area contributed by atoms with E-state index in [1.54, 1.807) is 0 Å². The van der Waals surface area contributed by atoms with E-state index in [9.17, 15) is 4.79 Å². The number of piperidine rings is 1.